The van der Waals surface area contributed by atoms with Gasteiger partial charge in [-0.05, 0) is 30.0 Å². The number of aromatic carboxylic acids is 2. The fourth-order valence-corrected chi connectivity index (χ4v) is 3.91. The molecule has 0 fully saturated rings. The van der Waals surface area contributed by atoms with Gasteiger partial charge in [0.25, 0.3) is 0 Å². The summed E-state index contributed by atoms with van der Waals surface area (Å²) in [5.74, 6) is -2.39. The van der Waals surface area contributed by atoms with Crippen LogP contribution in [0.4, 0.5) is 0 Å². The first-order chi connectivity index (χ1) is 13.0. The SMILES string of the molecule is CCCCC(CCCC)(c1ccccc1)c1cccc(C(=O)O)c1C(=O)O. The van der Waals surface area contributed by atoms with Gasteiger partial charge in [0.1, 0.15) is 0 Å². The largest absolute Gasteiger partial charge is 0.478 e. The Morgan fingerprint density at radius 1 is 0.815 bits per heavy atom. The summed E-state index contributed by atoms with van der Waals surface area (Å²) in [4.78, 5) is 23.8. The predicted molar refractivity (Wildman–Crippen MR) is 107 cm³/mol. The standard InChI is InChI=1S/C23H28O4/c1-3-5-15-23(16-6-4-2,17-11-8-7-9-12-17)19-14-10-13-18(21(24)25)20(19)22(26)27/h7-14H,3-6,15-16H2,1-2H3,(H,24,25)(H,26,27). The summed E-state index contributed by atoms with van der Waals surface area (Å²) in [6, 6.07) is 14.8. The summed E-state index contributed by atoms with van der Waals surface area (Å²) >= 11 is 0. The van der Waals surface area contributed by atoms with Gasteiger partial charge in [-0.3, -0.25) is 0 Å². The van der Waals surface area contributed by atoms with E-state index in [1.54, 1.807) is 12.1 Å². The van der Waals surface area contributed by atoms with Crippen molar-refractivity contribution in [3.05, 3.63) is 70.8 Å². The van der Waals surface area contributed by atoms with Crippen LogP contribution in [0.2, 0.25) is 0 Å². The van der Waals surface area contributed by atoms with Crippen LogP contribution in [0.3, 0.4) is 0 Å². The molecule has 2 N–H and O–H groups in total. The van der Waals surface area contributed by atoms with Crippen molar-refractivity contribution in [1.82, 2.24) is 0 Å². The number of carboxylic acids is 2. The van der Waals surface area contributed by atoms with E-state index in [0.717, 1.165) is 44.1 Å². The molecule has 0 bridgehead atoms. The van der Waals surface area contributed by atoms with Crippen molar-refractivity contribution >= 4 is 11.9 Å². The van der Waals surface area contributed by atoms with E-state index in [2.05, 4.69) is 13.8 Å². The molecule has 2 aromatic rings. The van der Waals surface area contributed by atoms with Crippen molar-refractivity contribution in [3.8, 4) is 0 Å². The number of benzene rings is 2. The van der Waals surface area contributed by atoms with Crippen LogP contribution < -0.4 is 0 Å². The van der Waals surface area contributed by atoms with Gasteiger partial charge in [0.15, 0.2) is 0 Å². The Morgan fingerprint density at radius 3 is 1.89 bits per heavy atom. The second kappa shape index (κ2) is 9.36. The van der Waals surface area contributed by atoms with Crippen molar-refractivity contribution in [1.29, 1.82) is 0 Å². The Morgan fingerprint density at radius 2 is 1.41 bits per heavy atom. The average Bonchev–Trinajstić information content (AvgIpc) is 2.68. The van der Waals surface area contributed by atoms with Gasteiger partial charge in [0, 0.05) is 5.41 Å². The predicted octanol–water partition coefficient (Wildman–Crippen LogP) is 5.75. The Balaban J connectivity index is 2.82. The minimum atomic E-state index is -1.21. The van der Waals surface area contributed by atoms with Gasteiger partial charge in [-0.1, -0.05) is 82.0 Å². The van der Waals surface area contributed by atoms with Crippen LogP contribution in [0, 0.1) is 0 Å². The quantitative estimate of drug-likeness (QED) is 0.560. The summed E-state index contributed by atoms with van der Waals surface area (Å²) in [5, 5.41) is 19.5. The molecule has 0 aliphatic carbocycles. The molecule has 144 valence electrons. The molecule has 0 radical (unpaired) electrons. The maximum absolute atomic E-state index is 12.1. The van der Waals surface area contributed by atoms with Crippen molar-refractivity contribution < 1.29 is 19.8 Å². The van der Waals surface area contributed by atoms with Gasteiger partial charge in [0.05, 0.1) is 11.1 Å². The van der Waals surface area contributed by atoms with Crippen LogP contribution in [0.5, 0.6) is 0 Å². The van der Waals surface area contributed by atoms with E-state index in [1.165, 1.54) is 6.07 Å². The Kier molecular flexibility index (Phi) is 7.17. The molecule has 4 nitrogen and oxygen atoms in total. The number of hydrogen-bond donors (Lipinski definition) is 2. The van der Waals surface area contributed by atoms with E-state index in [4.69, 9.17) is 0 Å². The number of rotatable bonds is 10. The molecule has 2 aromatic carbocycles. The van der Waals surface area contributed by atoms with E-state index in [0.29, 0.717) is 5.56 Å². The molecular weight excluding hydrogens is 340 g/mol. The maximum atomic E-state index is 12.1. The fourth-order valence-electron chi connectivity index (χ4n) is 3.91. The number of hydrogen-bond acceptors (Lipinski definition) is 2. The molecular formula is C23H28O4. The molecule has 0 amide bonds. The summed E-state index contributed by atoms with van der Waals surface area (Å²) in [5.41, 5.74) is 0.932. The van der Waals surface area contributed by atoms with Crippen molar-refractivity contribution in [2.45, 2.75) is 57.8 Å². The molecule has 0 saturated carbocycles. The van der Waals surface area contributed by atoms with E-state index < -0.39 is 17.4 Å². The molecule has 4 heteroatoms. The van der Waals surface area contributed by atoms with E-state index in [-0.39, 0.29) is 11.1 Å². The molecule has 0 heterocycles. The van der Waals surface area contributed by atoms with Crippen LogP contribution in [-0.4, -0.2) is 22.2 Å². The zero-order valence-corrected chi connectivity index (χ0v) is 16.1. The average molecular weight is 368 g/mol. The third-order valence-electron chi connectivity index (χ3n) is 5.26. The zero-order valence-electron chi connectivity index (χ0n) is 16.1. The second-order valence-electron chi connectivity index (χ2n) is 6.99. The number of carboxylic acid groups (broad SMARTS) is 2. The van der Waals surface area contributed by atoms with E-state index >= 15 is 0 Å². The first-order valence-electron chi connectivity index (χ1n) is 9.63. The highest BCUT2D eigenvalue weighted by molar-refractivity contribution is 6.03. The number of unbranched alkanes of at least 4 members (excludes halogenated alkanes) is 2. The molecule has 27 heavy (non-hydrogen) atoms. The topological polar surface area (TPSA) is 74.6 Å². The first kappa shape index (κ1) is 20.7. The summed E-state index contributed by atoms with van der Waals surface area (Å²) in [6.45, 7) is 4.22. The third kappa shape index (κ3) is 4.38. The Hall–Kier alpha value is -2.62. The fraction of sp³-hybridized carbons (Fsp3) is 0.391. The Bertz CT molecular complexity index is 772. The molecule has 0 saturated heterocycles. The highest BCUT2D eigenvalue weighted by Gasteiger charge is 2.37. The van der Waals surface area contributed by atoms with Crippen molar-refractivity contribution in [3.63, 3.8) is 0 Å². The lowest BCUT2D eigenvalue weighted by Gasteiger charge is -2.37. The normalized spacial score (nSPS) is 11.3. The minimum absolute atomic E-state index is 0.0824. The van der Waals surface area contributed by atoms with Crippen LogP contribution in [0.15, 0.2) is 48.5 Å². The van der Waals surface area contributed by atoms with Crippen LogP contribution in [0.1, 0.15) is 84.2 Å². The van der Waals surface area contributed by atoms with Gasteiger partial charge in [-0.25, -0.2) is 9.59 Å². The van der Waals surface area contributed by atoms with Crippen LogP contribution in [0.25, 0.3) is 0 Å². The lowest BCUT2D eigenvalue weighted by Crippen LogP contribution is -2.31. The molecule has 0 aliphatic rings. The minimum Gasteiger partial charge on any atom is -0.478 e. The highest BCUT2D eigenvalue weighted by atomic mass is 16.4. The maximum Gasteiger partial charge on any atom is 0.336 e. The molecule has 0 spiro atoms. The molecule has 0 atom stereocenters. The first-order valence-corrected chi connectivity index (χ1v) is 9.63. The lowest BCUT2D eigenvalue weighted by atomic mass is 9.66. The van der Waals surface area contributed by atoms with Gasteiger partial charge in [0.2, 0.25) is 0 Å². The summed E-state index contributed by atoms with van der Waals surface area (Å²) in [6.07, 6.45) is 5.43. The summed E-state index contributed by atoms with van der Waals surface area (Å²) in [7, 11) is 0. The van der Waals surface area contributed by atoms with Crippen LogP contribution in [-0.2, 0) is 5.41 Å². The molecule has 2 rings (SSSR count). The van der Waals surface area contributed by atoms with Gasteiger partial charge >= 0.3 is 11.9 Å². The van der Waals surface area contributed by atoms with Crippen molar-refractivity contribution in [2.24, 2.45) is 0 Å². The molecule has 0 aromatic heterocycles. The molecule has 0 unspecified atom stereocenters. The third-order valence-corrected chi connectivity index (χ3v) is 5.26. The monoisotopic (exact) mass is 368 g/mol. The molecule has 0 aliphatic heterocycles. The van der Waals surface area contributed by atoms with Gasteiger partial charge < -0.3 is 10.2 Å². The smallest absolute Gasteiger partial charge is 0.336 e. The Labute approximate surface area is 160 Å². The summed E-state index contributed by atoms with van der Waals surface area (Å²) < 4.78 is 0. The number of carbonyl (C=O) groups is 2. The lowest BCUT2D eigenvalue weighted by molar-refractivity contribution is 0.0649. The zero-order chi connectivity index (χ0) is 19.9. The van der Waals surface area contributed by atoms with Gasteiger partial charge in [-0.15, -0.1) is 0 Å². The van der Waals surface area contributed by atoms with Crippen molar-refractivity contribution in [2.75, 3.05) is 0 Å². The van der Waals surface area contributed by atoms with E-state index in [1.807, 2.05) is 30.3 Å². The van der Waals surface area contributed by atoms with Crippen LogP contribution >= 0.6 is 0 Å². The van der Waals surface area contributed by atoms with E-state index in [9.17, 15) is 19.8 Å². The highest BCUT2D eigenvalue weighted by Crippen LogP contribution is 2.44. The second-order valence-corrected chi connectivity index (χ2v) is 6.99. The van der Waals surface area contributed by atoms with Gasteiger partial charge in [-0.2, -0.15) is 0 Å².